The van der Waals surface area contributed by atoms with Crippen LogP contribution >= 0.6 is 0 Å². The van der Waals surface area contributed by atoms with Gasteiger partial charge in [-0.05, 0) is 44.2 Å². The molecule has 2 aromatic carbocycles. The summed E-state index contributed by atoms with van der Waals surface area (Å²) in [6.07, 6.45) is 0.868. The Morgan fingerprint density at radius 2 is 1.81 bits per heavy atom. The van der Waals surface area contributed by atoms with Gasteiger partial charge in [-0.25, -0.2) is 0 Å². The number of anilines is 1. The molecule has 140 valence electrons. The van der Waals surface area contributed by atoms with Gasteiger partial charge in [-0.3, -0.25) is 9.69 Å². The summed E-state index contributed by atoms with van der Waals surface area (Å²) in [6, 6.07) is 17.3. The van der Waals surface area contributed by atoms with E-state index in [0.717, 1.165) is 23.2 Å². The number of nitrogens with one attached hydrogen (secondary N) is 1. The second kappa shape index (κ2) is 8.60. The molecule has 1 N–H and O–H groups in total. The molecule has 0 aliphatic rings. The monoisotopic (exact) mass is 364 g/mol. The molecule has 1 aromatic heterocycles. The van der Waals surface area contributed by atoms with Gasteiger partial charge in [0.1, 0.15) is 0 Å². The highest BCUT2D eigenvalue weighted by Crippen LogP contribution is 2.23. The van der Waals surface area contributed by atoms with Gasteiger partial charge in [-0.15, -0.1) is 10.2 Å². The zero-order chi connectivity index (χ0) is 19.2. The van der Waals surface area contributed by atoms with Crippen molar-refractivity contribution in [2.75, 3.05) is 18.9 Å². The number of aromatic nitrogens is 2. The fourth-order valence-corrected chi connectivity index (χ4v) is 2.79. The average Bonchev–Trinajstić information content (AvgIpc) is 3.18. The highest BCUT2D eigenvalue weighted by molar-refractivity contribution is 5.93. The zero-order valence-electron chi connectivity index (χ0n) is 15.8. The van der Waals surface area contributed by atoms with Crippen LogP contribution in [0.1, 0.15) is 31.3 Å². The van der Waals surface area contributed by atoms with Gasteiger partial charge >= 0.3 is 0 Å². The van der Waals surface area contributed by atoms with Crippen LogP contribution in [0.2, 0.25) is 0 Å². The summed E-state index contributed by atoms with van der Waals surface area (Å²) >= 11 is 0. The Morgan fingerprint density at radius 3 is 2.56 bits per heavy atom. The topological polar surface area (TPSA) is 71.3 Å². The van der Waals surface area contributed by atoms with E-state index in [4.69, 9.17) is 4.42 Å². The van der Waals surface area contributed by atoms with Crippen molar-refractivity contribution in [3.8, 4) is 11.5 Å². The molecule has 0 saturated carbocycles. The number of para-hydroxylation sites is 1. The Kier molecular flexibility index (Phi) is 5.98. The van der Waals surface area contributed by atoms with Crippen LogP contribution in [-0.2, 0) is 11.2 Å². The zero-order valence-corrected chi connectivity index (χ0v) is 15.8. The third-order valence-corrected chi connectivity index (χ3v) is 4.55. The maximum atomic E-state index is 12.4. The Bertz CT molecular complexity index is 892. The van der Waals surface area contributed by atoms with Crippen molar-refractivity contribution in [1.29, 1.82) is 0 Å². The number of rotatable bonds is 7. The van der Waals surface area contributed by atoms with Gasteiger partial charge in [-0.1, -0.05) is 43.3 Å². The molecule has 1 heterocycles. The molecular weight excluding hydrogens is 340 g/mol. The quantitative estimate of drug-likeness (QED) is 0.688. The molecule has 1 unspecified atom stereocenters. The van der Waals surface area contributed by atoms with Crippen LogP contribution in [0.5, 0.6) is 0 Å². The van der Waals surface area contributed by atoms with Crippen LogP contribution in [0, 0.1) is 0 Å². The number of likely N-dealkylation sites (N-methyl/N-ethyl adjacent to an activating group) is 1. The summed E-state index contributed by atoms with van der Waals surface area (Å²) in [5.41, 5.74) is 2.85. The lowest BCUT2D eigenvalue weighted by molar-refractivity contribution is -0.117. The molecule has 0 saturated heterocycles. The van der Waals surface area contributed by atoms with Gasteiger partial charge in [0.2, 0.25) is 17.7 Å². The highest BCUT2D eigenvalue weighted by atomic mass is 16.4. The summed E-state index contributed by atoms with van der Waals surface area (Å²) in [5.74, 6) is 0.887. The van der Waals surface area contributed by atoms with E-state index in [2.05, 4.69) is 22.4 Å². The molecule has 0 spiro atoms. The average molecular weight is 364 g/mol. The number of carbonyl (C=O) groups is 1. The fraction of sp³-hybridized carbons (Fsp3) is 0.286. The molecule has 1 atom stereocenters. The summed E-state index contributed by atoms with van der Waals surface area (Å²) in [5, 5.41) is 11.2. The minimum Gasteiger partial charge on any atom is -0.419 e. The summed E-state index contributed by atoms with van der Waals surface area (Å²) in [6.45, 7) is 4.23. The van der Waals surface area contributed by atoms with Crippen LogP contribution in [-0.4, -0.2) is 34.6 Å². The van der Waals surface area contributed by atoms with E-state index in [9.17, 15) is 4.79 Å². The molecule has 3 aromatic rings. The second-order valence-electron chi connectivity index (χ2n) is 6.46. The molecular formula is C21H24N4O2. The Hall–Kier alpha value is -2.99. The minimum absolute atomic E-state index is 0.0759. The molecule has 0 aliphatic carbocycles. The summed E-state index contributed by atoms with van der Waals surface area (Å²) < 4.78 is 5.79. The lowest BCUT2D eigenvalue weighted by Crippen LogP contribution is -2.32. The predicted molar refractivity (Wildman–Crippen MR) is 105 cm³/mol. The van der Waals surface area contributed by atoms with E-state index in [1.165, 1.54) is 0 Å². The van der Waals surface area contributed by atoms with Gasteiger partial charge in [0.25, 0.3) is 0 Å². The molecule has 0 aliphatic heterocycles. The van der Waals surface area contributed by atoms with E-state index in [1.54, 1.807) is 0 Å². The Balaban J connectivity index is 1.63. The van der Waals surface area contributed by atoms with Crippen molar-refractivity contribution >= 4 is 11.6 Å². The molecule has 0 fully saturated rings. The highest BCUT2D eigenvalue weighted by Gasteiger charge is 2.21. The number of amides is 1. The SMILES string of the molecule is CCc1ccccc1NC(=O)CN(C)C(C)c1nnc(-c2ccccc2)o1. The number of benzene rings is 2. The summed E-state index contributed by atoms with van der Waals surface area (Å²) in [4.78, 5) is 14.3. The van der Waals surface area contributed by atoms with Crippen molar-refractivity contribution in [2.24, 2.45) is 0 Å². The van der Waals surface area contributed by atoms with Crippen LogP contribution < -0.4 is 5.32 Å². The number of nitrogens with zero attached hydrogens (tertiary/aromatic N) is 3. The standard InChI is InChI=1S/C21H24N4O2/c1-4-16-10-8-9-13-18(16)22-19(26)14-25(3)15(2)20-23-24-21(27-20)17-11-6-5-7-12-17/h5-13,15H,4,14H2,1-3H3,(H,22,26). The number of hydrogen-bond donors (Lipinski definition) is 1. The maximum absolute atomic E-state index is 12.4. The first-order valence-corrected chi connectivity index (χ1v) is 9.05. The van der Waals surface area contributed by atoms with E-state index in [0.29, 0.717) is 11.8 Å². The third kappa shape index (κ3) is 4.60. The van der Waals surface area contributed by atoms with Crippen molar-refractivity contribution in [1.82, 2.24) is 15.1 Å². The largest absolute Gasteiger partial charge is 0.419 e. The van der Waals surface area contributed by atoms with Gasteiger partial charge in [0.05, 0.1) is 12.6 Å². The lowest BCUT2D eigenvalue weighted by atomic mass is 10.1. The van der Waals surface area contributed by atoms with Crippen molar-refractivity contribution in [3.05, 3.63) is 66.1 Å². The van der Waals surface area contributed by atoms with Crippen molar-refractivity contribution in [3.63, 3.8) is 0 Å². The first-order valence-electron chi connectivity index (χ1n) is 9.05. The Labute approximate surface area is 159 Å². The molecule has 1 amide bonds. The van der Waals surface area contributed by atoms with Crippen molar-refractivity contribution in [2.45, 2.75) is 26.3 Å². The van der Waals surface area contributed by atoms with Gasteiger partial charge in [0.15, 0.2) is 0 Å². The first-order chi connectivity index (χ1) is 13.1. The van der Waals surface area contributed by atoms with Crippen LogP contribution in [0.4, 0.5) is 5.69 Å². The molecule has 3 rings (SSSR count). The van der Waals surface area contributed by atoms with Gasteiger partial charge < -0.3 is 9.73 Å². The smallest absolute Gasteiger partial charge is 0.247 e. The van der Waals surface area contributed by atoms with Crippen molar-refractivity contribution < 1.29 is 9.21 Å². The number of aryl methyl sites for hydroxylation is 1. The minimum atomic E-state index is -0.179. The normalized spacial score (nSPS) is 12.1. The maximum Gasteiger partial charge on any atom is 0.247 e. The van der Waals surface area contributed by atoms with E-state index in [-0.39, 0.29) is 18.5 Å². The number of hydrogen-bond acceptors (Lipinski definition) is 5. The van der Waals surface area contributed by atoms with E-state index >= 15 is 0 Å². The van der Waals surface area contributed by atoms with Gasteiger partial charge in [0, 0.05) is 11.3 Å². The first kappa shape index (κ1) is 18.8. The van der Waals surface area contributed by atoms with Crippen LogP contribution in [0.25, 0.3) is 11.5 Å². The molecule has 6 heteroatoms. The molecule has 27 heavy (non-hydrogen) atoms. The third-order valence-electron chi connectivity index (χ3n) is 4.55. The molecule has 0 radical (unpaired) electrons. The summed E-state index contributed by atoms with van der Waals surface area (Å²) in [7, 11) is 1.86. The van der Waals surface area contributed by atoms with E-state index in [1.807, 2.05) is 73.5 Å². The van der Waals surface area contributed by atoms with Gasteiger partial charge in [-0.2, -0.15) is 0 Å². The molecule has 0 bridgehead atoms. The fourth-order valence-electron chi connectivity index (χ4n) is 2.79. The second-order valence-corrected chi connectivity index (χ2v) is 6.46. The van der Waals surface area contributed by atoms with Crippen LogP contribution in [0.3, 0.4) is 0 Å². The number of carbonyl (C=O) groups excluding carboxylic acids is 1. The Morgan fingerprint density at radius 1 is 1.11 bits per heavy atom. The lowest BCUT2D eigenvalue weighted by Gasteiger charge is -2.21. The van der Waals surface area contributed by atoms with E-state index < -0.39 is 0 Å². The molecule has 6 nitrogen and oxygen atoms in total. The predicted octanol–water partition coefficient (Wildman–Crippen LogP) is 3.93. The van der Waals surface area contributed by atoms with Crippen LogP contribution in [0.15, 0.2) is 59.0 Å².